The van der Waals surface area contributed by atoms with Crippen molar-refractivity contribution in [3.8, 4) is 0 Å². The highest BCUT2D eigenvalue weighted by atomic mass is 16.3. The summed E-state index contributed by atoms with van der Waals surface area (Å²) >= 11 is 0. The number of nitrogens with one attached hydrogen (secondary N) is 1. The Morgan fingerprint density at radius 3 is 2.33 bits per heavy atom. The van der Waals surface area contributed by atoms with Gasteiger partial charge in [-0.05, 0) is 52.7 Å². The summed E-state index contributed by atoms with van der Waals surface area (Å²) in [6.07, 6.45) is 4.67. The first kappa shape index (κ1) is 17.9. The number of unbranched alkanes of at least 4 members (excludes halogenated alkanes) is 1. The van der Waals surface area contributed by atoms with Crippen LogP contribution in [-0.4, -0.2) is 47.8 Å². The molecule has 0 spiro atoms. The third kappa shape index (κ3) is 6.72. The van der Waals surface area contributed by atoms with Crippen molar-refractivity contribution in [3.05, 3.63) is 0 Å². The molecule has 0 aromatic rings. The zero-order valence-electron chi connectivity index (χ0n) is 13.1. The molecular formula is C15H34N2O. The quantitative estimate of drug-likeness (QED) is 0.559. The van der Waals surface area contributed by atoms with Crippen LogP contribution in [-0.2, 0) is 0 Å². The van der Waals surface area contributed by atoms with Crippen LogP contribution in [0.25, 0.3) is 0 Å². The van der Waals surface area contributed by atoms with E-state index in [2.05, 4.69) is 44.8 Å². The summed E-state index contributed by atoms with van der Waals surface area (Å²) in [6, 6.07) is 0.688. The van der Waals surface area contributed by atoms with Gasteiger partial charge < -0.3 is 15.3 Å². The molecule has 0 aliphatic rings. The molecule has 3 nitrogen and oxygen atoms in total. The zero-order chi connectivity index (χ0) is 14.0. The molecule has 2 atom stereocenters. The first-order chi connectivity index (χ1) is 8.52. The molecule has 0 fully saturated rings. The molecular weight excluding hydrogens is 224 g/mol. The first-order valence-corrected chi connectivity index (χ1v) is 7.62. The average Bonchev–Trinajstić information content (AvgIpc) is 2.38. The van der Waals surface area contributed by atoms with Gasteiger partial charge in [0.2, 0.25) is 0 Å². The highest BCUT2D eigenvalue weighted by Gasteiger charge is 2.21. The summed E-state index contributed by atoms with van der Waals surface area (Å²) in [5.74, 6) is 0. The second-order valence-corrected chi connectivity index (χ2v) is 5.59. The Morgan fingerprint density at radius 2 is 1.89 bits per heavy atom. The van der Waals surface area contributed by atoms with Gasteiger partial charge in [0.1, 0.15) is 0 Å². The Labute approximate surface area is 114 Å². The van der Waals surface area contributed by atoms with Crippen molar-refractivity contribution < 1.29 is 5.11 Å². The van der Waals surface area contributed by atoms with Gasteiger partial charge in [0.25, 0.3) is 0 Å². The molecule has 0 aliphatic carbocycles. The second kappa shape index (κ2) is 9.76. The molecule has 0 heterocycles. The molecule has 0 rings (SSSR count). The van der Waals surface area contributed by atoms with Gasteiger partial charge in [0.15, 0.2) is 0 Å². The lowest BCUT2D eigenvalue weighted by atomic mass is 9.95. The summed E-state index contributed by atoms with van der Waals surface area (Å²) < 4.78 is 0. The minimum atomic E-state index is -0.0951. The van der Waals surface area contributed by atoms with Crippen molar-refractivity contribution >= 4 is 0 Å². The van der Waals surface area contributed by atoms with Crippen molar-refractivity contribution in [2.45, 2.75) is 71.9 Å². The Bertz CT molecular complexity index is 199. The normalized spacial score (nSPS) is 16.8. The first-order valence-electron chi connectivity index (χ1n) is 7.62. The predicted molar refractivity (Wildman–Crippen MR) is 80.0 cm³/mol. The van der Waals surface area contributed by atoms with E-state index in [1.54, 1.807) is 0 Å². The molecule has 0 aromatic heterocycles. The van der Waals surface area contributed by atoms with E-state index in [-0.39, 0.29) is 12.1 Å². The van der Waals surface area contributed by atoms with E-state index in [1.165, 1.54) is 25.8 Å². The molecule has 0 amide bonds. The number of aliphatic hydroxyl groups excluding tert-OH is 1. The third-order valence-electron chi connectivity index (χ3n) is 4.00. The number of rotatable bonds is 11. The van der Waals surface area contributed by atoms with Gasteiger partial charge in [0.05, 0.1) is 6.61 Å². The number of hydrogen-bond acceptors (Lipinski definition) is 3. The number of aliphatic hydroxyl groups is 1. The van der Waals surface area contributed by atoms with Crippen LogP contribution >= 0.6 is 0 Å². The van der Waals surface area contributed by atoms with Crippen molar-refractivity contribution in [1.29, 1.82) is 0 Å². The standard InChI is InChI=1S/C15H34N2O/c1-6-14(4)17(8-3)12-10-9-11-15(5,13-18)16-7-2/h14,16,18H,6-13H2,1-5H3. The van der Waals surface area contributed by atoms with Crippen LogP contribution in [0.1, 0.15) is 60.3 Å². The van der Waals surface area contributed by atoms with E-state index in [0.29, 0.717) is 6.04 Å². The monoisotopic (exact) mass is 258 g/mol. The Hall–Kier alpha value is -0.120. The second-order valence-electron chi connectivity index (χ2n) is 5.59. The predicted octanol–water partition coefficient (Wildman–Crippen LogP) is 2.64. The third-order valence-corrected chi connectivity index (χ3v) is 4.00. The molecule has 110 valence electrons. The van der Waals surface area contributed by atoms with Gasteiger partial charge in [-0.1, -0.05) is 27.2 Å². The largest absolute Gasteiger partial charge is 0.394 e. The van der Waals surface area contributed by atoms with Gasteiger partial charge in [-0.3, -0.25) is 0 Å². The maximum absolute atomic E-state index is 9.42. The SMILES string of the molecule is CCNC(C)(CO)CCCCN(CC)C(C)CC. The van der Waals surface area contributed by atoms with E-state index in [4.69, 9.17) is 0 Å². The lowest BCUT2D eigenvalue weighted by Crippen LogP contribution is -2.45. The Balaban J connectivity index is 3.89. The summed E-state index contributed by atoms with van der Waals surface area (Å²) in [5.41, 5.74) is -0.0951. The smallest absolute Gasteiger partial charge is 0.0610 e. The maximum Gasteiger partial charge on any atom is 0.0610 e. The summed E-state index contributed by atoms with van der Waals surface area (Å²) in [5, 5.41) is 12.8. The van der Waals surface area contributed by atoms with Crippen LogP contribution in [0.4, 0.5) is 0 Å². The van der Waals surface area contributed by atoms with Gasteiger partial charge in [-0.2, -0.15) is 0 Å². The van der Waals surface area contributed by atoms with Gasteiger partial charge in [0, 0.05) is 11.6 Å². The Morgan fingerprint density at radius 1 is 1.22 bits per heavy atom. The topological polar surface area (TPSA) is 35.5 Å². The molecule has 0 saturated carbocycles. The lowest BCUT2D eigenvalue weighted by Gasteiger charge is -2.30. The molecule has 2 unspecified atom stereocenters. The molecule has 0 bridgehead atoms. The number of hydrogen-bond donors (Lipinski definition) is 2. The van der Waals surface area contributed by atoms with E-state index in [1.807, 2.05) is 0 Å². The fourth-order valence-electron chi connectivity index (χ4n) is 2.43. The van der Waals surface area contributed by atoms with Crippen LogP contribution in [0.15, 0.2) is 0 Å². The summed E-state index contributed by atoms with van der Waals surface area (Å²) in [6.45, 7) is 14.5. The fourth-order valence-corrected chi connectivity index (χ4v) is 2.43. The molecule has 2 N–H and O–H groups in total. The van der Waals surface area contributed by atoms with Crippen molar-refractivity contribution in [1.82, 2.24) is 10.2 Å². The van der Waals surface area contributed by atoms with E-state index < -0.39 is 0 Å². The minimum absolute atomic E-state index is 0.0951. The number of nitrogens with zero attached hydrogens (tertiary/aromatic N) is 1. The van der Waals surface area contributed by atoms with Crippen LogP contribution in [0.5, 0.6) is 0 Å². The highest BCUT2D eigenvalue weighted by molar-refractivity contribution is 4.81. The van der Waals surface area contributed by atoms with E-state index in [9.17, 15) is 5.11 Å². The van der Waals surface area contributed by atoms with E-state index >= 15 is 0 Å². The number of likely N-dealkylation sites (N-methyl/N-ethyl adjacent to an activating group) is 1. The van der Waals surface area contributed by atoms with Crippen molar-refractivity contribution in [2.24, 2.45) is 0 Å². The molecule has 0 aliphatic heterocycles. The molecule has 18 heavy (non-hydrogen) atoms. The molecule has 3 heteroatoms. The van der Waals surface area contributed by atoms with Gasteiger partial charge in [-0.25, -0.2) is 0 Å². The fraction of sp³-hybridized carbons (Fsp3) is 1.00. The van der Waals surface area contributed by atoms with Gasteiger partial charge in [-0.15, -0.1) is 0 Å². The lowest BCUT2D eigenvalue weighted by molar-refractivity contribution is 0.159. The van der Waals surface area contributed by atoms with Crippen molar-refractivity contribution in [3.63, 3.8) is 0 Å². The van der Waals surface area contributed by atoms with Crippen LogP contribution < -0.4 is 5.32 Å². The minimum Gasteiger partial charge on any atom is -0.394 e. The summed E-state index contributed by atoms with van der Waals surface area (Å²) in [4.78, 5) is 2.55. The molecule has 0 radical (unpaired) electrons. The molecule has 0 aromatic carbocycles. The Kier molecular flexibility index (Phi) is 9.70. The maximum atomic E-state index is 9.42. The van der Waals surface area contributed by atoms with Crippen LogP contribution in [0.2, 0.25) is 0 Å². The molecule has 0 saturated heterocycles. The van der Waals surface area contributed by atoms with E-state index in [0.717, 1.165) is 19.5 Å². The van der Waals surface area contributed by atoms with Crippen LogP contribution in [0, 0.1) is 0 Å². The zero-order valence-corrected chi connectivity index (χ0v) is 13.1. The highest BCUT2D eigenvalue weighted by Crippen LogP contribution is 2.14. The average molecular weight is 258 g/mol. The van der Waals surface area contributed by atoms with Crippen molar-refractivity contribution in [2.75, 3.05) is 26.2 Å². The van der Waals surface area contributed by atoms with Crippen LogP contribution in [0.3, 0.4) is 0 Å². The summed E-state index contributed by atoms with van der Waals surface area (Å²) in [7, 11) is 0. The van der Waals surface area contributed by atoms with Gasteiger partial charge >= 0.3 is 0 Å².